The second-order valence-electron chi connectivity index (χ2n) is 7.15. The van der Waals surface area contributed by atoms with Crippen molar-refractivity contribution in [1.29, 1.82) is 0 Å². The Morgan fingerprint density at radius 3 is 2.74 bits per heavy atom. The zero-order valence-corrected chi connectivity index (χ0v) is 17.5. The Hall–Kier alpha value is -3.52. The SMILES string of the molecule is COc1ccc(OC)c(Cc2ccc(C3CN(C(=O)c4cnccn4)CCO3)nc2)c1. The van der Waals surface area contributed by atoms with Gasteiger partial charge in [0.25, 0.3) is 5.91 Å². The van der Waals surface area contributed by atoms with Crippen LogP contribution in [0, 0.1) is 0 Å². The molecular formula is C23H24N4O4. The molecule has 1 saturated heterocycles. The van der Waals surface area contributed by atoms with Gasteiger partial charge in [0.2, 0.25) is 0 Å². The maximum absolute atomic E-state index is 12.7. The molecule has 1 atom stereocenters. The number of nitrogens with zero attached hydrogens (tertiary/aromatic N) is 4. The van der Waals surface area contributed by atoms with Crippen molar-refractivity contribution < 1.29 is 19.0 Å². The van der Waals surface area contributed by atoms with Gasteiger partial charge in [0.1, 0.15) is 23.3 Å². The number of benzene rings is 1. The van der Waals surface area contributed by atoms with E-state index >= 15 is 0 Å². The van der Waals surface area contributed by atoms with Crippen LogP contribution in [-0.2, 0) is 11.2 Å². The summed E-state index contributed by atoms with van der Waals surface area (Å²) in [6.45, 7) is 1.38. The van der Waals surface area contributed by atoms with Gasteiger partial charge in [-0.25, -0.2) is 4.98 Å². The number of methoxy groups -OCH3 is 2. The molecule has 0 aliphatic carbocycles. The fraction of sp³-hybridized carbons (Fsp3) is 0.304. The molecule has 0 saturated carbocycles. The monoisotopic (exact) mass is 420 g/mol. The normalized spacial score (nSPS) is 16.1. The highest BCUT2D eigenvalue weighted by Crippen LogP contribution is 2.27. The molecule has 0 N–H and O–H groups in total. The molecule has 0 bridgehead atoms. The number of morpholine rings is 1. The van der Waals surface area contributed by atoms with Gasteiger partial charge < -0.3 is 19.1 Å². The molecule has 1 unspecified atom stereocenters. The molecule has 1 amide bonds. The van der Waals surface area contributed by atoms with Crippen LogP contribution in [0.15, 0.2) is 55.1 Å². The average Bonchev–Trinajstić information content (AvgIpc) is 2.84. The summed E-state index contributed by atoms with van der Waals surface area (Å²) in [7, 11) is 3.30. The lowest BCUT2D eigenvalue weighted by Crippen LogP contribution is -2.42. The van der Waals surface area contributed by atoms with Crippen molar-refractivity contribution in [3.8, 4) is 11.5 Å². The minimum atomic E-state index is -0.283. The van der Waals surface area contributed by atoms with Crippen molar-refractivity contribution in [3.63, 3.8) is 0 Å². The van der Waals surface area contributed by atoms with Crippen LogP contribution in [0.5, 0.6) is 11.5 Å². The molecule has 3 aromatic rings. The molecule has 8 nitrogen and oxygen atoms in total. The quantitative estimate of drug-likeness (QED) is 0.606. The van der Waals surface area contributed by atoms with Gasteiger partial charge in [-0.15, -0.1) is 0 Å². The molecule has 31 heavy (non-hydrogen) atoms. The summed E-state index contributed by atoms with van der Waals surface area (Å²) in [5, 5.41) is 0. The van der Waals surface area contributed by atoms with Crippen molar-refractivity contribution >= 4 is 5.91 Å². The molecule has 0 spiro atoms. The molecule has 1 aliphatic heterocycles. The lowest BCUT2D eigenvalue weighted by molar-refractivity contribution is -0.0249. The Bertz CT molecular complexity index is 1030. The third-order valence-electron chi connectivity index (χ3n) is 5.20. The first-order valence-corrected chi connectivity index (χ1v) is 10.0. The summed E-state index contributed by atoms with van der Waals surface area (Å²) in [6.07, 6.45) is 6.76. The highest BCUT2D eigenvalue weighted by molar-refractivity contribution is 5.92. The molecular weight excluding hydrogens is 396 g/mol. The first-order chi connectivity index (χ1) is 15.2. The predicted molar refractivity (Wildman–Crippen MR) is 113 cm³/mol. The maximum atomic E-state index is 12.7. The second-order valence-corrected chi connectivity index (χ2v) is 7.15. The number of aromatic nitrogens is 3. The highest BCUT2D eigenvalue weighted by atomic mass is 16.5. The van der Waals surface area contributed by atoms with Crippen molar-refractivity contribution in [2.24, 2.45) is 0 Å². The lowest BCUT2D eigenvalue weighted by atomic mass is 10.0. The zero-order chi connectivity index (χ0) is 21.6. The van der Waals surface area contributed by atoms with E-state index in [1.54, 1.807) is 25.3 Å². The van der Waals surface area contributed by atoms with Gasteiger partial charge in [-0.2, -0.15) is 0 Å². The van der Waals surface area contributed by atoms with Crippen LogP contribution in [0.3, 0.4) is 0 Å². The minimum absolute atomic E-state index is 0.150. The van der Waals surface area contributed by atoms with Gasteiger partial charge in [-0.3, -0.25) is 14.8 Å². The number of amides is 1. The molecule has 1 fully saturated rings. The first kappa shape index (κ1) is 20.7. The molecule has 4 rings (SSSR count). The van der Waals surface area contributed by atoms with E-state index in [-0.39, 0.29) is 12.0 Å². The lowest BCUT2D eigenvalue weighted by Gasteiger charge is -2.32. The number of carbonyl (C=O) groups is 1. The number of carbonyl (C=O) groups excluding carboxylic acids is 1. The van der Waals surface area contributed by atoms with Crippen LogP contribution in [0.1, 0.15) is 33.4 Å². The van der Waals surface area contributed by atoms with Gasteiger partial charge in [0.05, 0.1) is 39.3 Å². The molecule has 0 radical (unpaired) electrons. The number of ether oxygens (including phenoxy) is 3. The third kappa shape index (κ3) is 4.80. The van der Waals surface area contributed by atoms with Crippen molar-refractivity contribution in [2.75, 3.05) is 33.9 Å². The summed E-state index contributed by atoms with van der Waals surface area (Å²) < 4.78 is 16.7. The van der Waals surface area contributed by atoms with Crippen LogP contribution in [0.2, 0.25) is 0 Å². The van der Waals surface area contributed by atoms with Crippen molar-refractivity contribution in [2.45, 2.75) is 12.5 Å². The summed E-state index contributed by atoms with van der Waals surface area (Å²) >= 11 is 0. The van der Waals surface area contributed by atoms with Crippen LogP contribution in [0.4, 0.5) is 0 Å². The smallest absolute Gasteiger partial charge is 0.274 e. The fourth-order valence-electron chi connectivity index (χ4n) is 3.56. The van der Waals surface area contributed by atoms with E-state index in [0.717, 1.165) is 28.3 Å². The summed E-state index contributed by atoms with van der Waals surface area (Å²) in [5.74, 6) is 1.44. The summed E-state index contributed by atoms with van der Waals surface area (Å²) in [4.78, 5) is 27.1. The van der Waals surface area contributed by atoms with E-state index in [1.807, 2.05) is 36.5 Å². The maximum Gasteiger partial charge on any atom is 0.274 e. The van der Waals surface area contributed by atoms with E-state index in [1.165, 1.54) is 12.4 Å². The predicted octanol–water partition coefficient (Wildman–Crippen LogP) is 2.69. The molecule has 2 aromatic heterocycles. The van der Waals surface area contributed by atoms with E-state index in [4.69, 9.17) is 14.2 Å². The molecule has 1 aromatic carbocycles. The van der Waals surface area contributed by atoms with E-state index in [2.05, 4.69) is 15.0 Å². The number of hydrogen-bond acceptors (Lipinski definition) is 7. The van der Waals surface area contributed by atoms with Crippen LogP contribution < -0.4 is 9.47 Å². The van der Waals surface area contributed by atoms with Gasteiger partial charge in [0.15, 0.2) is 0 Å². The van der Waals surface area contributed by atoms with Gasteiger partial charge in [0, 0.05) is 37.1 Å². The third-order valence-corrected chi connectivity index (χ3v) is 5.20. The Morgan fingerprint density at radius 2 is 2.03 bits per heavy atom. The van der Waals surface area contributed by atoms with Crippen molar-refractivity contribution in [3.05, 3.63) is 77.6 Å². The van der Waals surface area contributed by atoms with Crippen LogP contribution in [-0.4, -0.2) is 59.7 Å². The Labute approximate surface area is 180 Å². The Balaban J connectivity index is 1.45. The largest absolute Gasteiger partial charge is 0.497 e. The van der Waals surface area contributed by atoms with Gasteiger partial charge in [-0.1, -0.05) is 6.07 Å². The van der Waals surface area contributed by atoms with Gasteiger partial charge in [-0.05, 0) is 29.8 Å². The number of rotatable bonds is 6. The topological polar surface area (TPSA) is 86.7 Å². The average molecular weight is 420 g/mol. The molecule has 160 valence electrons. The van der Waals surface area contributed by atoms with E-state index in [9.17, 15) is 4.79 Å². The van der Waals surface area contributed by atoms with Crippen molar-refractivity contribution in [1.82, 2.24) is 19.9 Å². The molecule has 1 aliphatic rings. The number of pyridine rings is 1. The summed E-state index contributed by atoms with van der Waals surface area (Å²) in [6, 6.07) is 9.71. The Morgan fingerprint density at radius 1 is 1.13 bits per heavy atom. The molecule has 8 heteroatoms. The van der Waals surface area contributed by atoms with E-state index in [0.29, 0.717) is 31.8 Å². The highest BCUT2D eigenvalue weighted by Gasteiger charge is 2.27. The number of hydrogen-bond donors (Lipinski definition) is 0. The second kappa shape index (κ2) is 9.53. The van der Waals surface area contributed by atoms with Crippen LogP contribution >= 0.6 is 0 Å². The fourth-order valence-corrected chi connectivity index (χ4v) is 3.56. The van der Waals surface area contributed by atoms with E-state index < -0.39 is 0 Å². The zero-order valence-electron chi connectivity index (χ0n) is 17.5. The standard InChI is InChI=1S/C23H24N4O4/c1-29-18-4-6-21(30-2)17(12-18)11-16-3-5-19(26-13-16)22-15-27(9-10-31-22)23(28)20-14-24-7-8-25-20/h3-8,12-14,22H,9-11,15H2,1-2H3. The Kier molecular flexibility index (Phi) is 6.37. The molecule has 3 heterocycles. The van der Waals surface area contributed by atoms with Crippen LogP contribution in [0.25, 0.3) is 0 Å². The first-order valence-electron chi connectivity index (χ1n) is 10.0. The van der Waals surface area contributed by atoms with Gasteiger partial charge >= 0.3 is 0 Å². The summed E-state index contributed by atoms with van der Waals surface area (Å²) in [5.41, 5.74) is 3.18. The minimum Gasteiger partial charge on any atom is -0.497 e.